The highest BCUT2D eigenvalue weighted by Crippen LogP contribution is 2.17. The van der Waals surface area contributed by atoms with E-state index in [2.05, 4.69) is 52.2 Å². The third-order valence-corrected chi connectivity index (χ3v) is 5.04. The number of nitrogens with zero attached hydrogens (tertiary/aromatic N) is 4. The van der Waals surface area contributed by atoms with Gasteiger partial charge in [0.25, 0.3) is 0 Å². The number of aliphatic imine (C=N–C) groups is 1. The zero-order valence-corrected chi connectivity index (χ0v) is 20.0. The van der Waals surface area contributed by atoms with Crippen molar-refractivity contribution in [3.63, 3.8) is 0 Å². The lowest BCUT2D eigenvalue weighted by atomic mass is 9.97. The van der Waals surface area contributed by atoms with Crippen molar-refractivity contribution in [2.24, 2.45) is 10.9 Å². The zero-order chi connectivity index (χ0) is 18.8. The molecular formula is C20H39IN6. The molecule has 0 saturated carbocycles. The van der Waals surface area contributed by atoms with Crippen LogP contribution in [0.25, 0.3) is 0 Å². The Hall–Kier alpha value is -0.830. The average Bonchev–Trinajstić information content (AvgIpc) is 2.95. The van der Waals surface area contributed by atoms with Gasteiger partial charge >= 0.3 is 0 Å². The van der Waals surface area contributed by atoms with Crippen molar-refractivity contribution in [1.29, 1.82) is 0 Å². The summed E-state index contributed by atoms with van der Waals surface area (Å²) in [6, 6.07) is 2.13. The molecule has 0 aliphatic carbocycles. The van der Waals surface area contributed by atoms with Crippen molar-refractivity contribution in [2.45, 2.75) is 59.9 Å². The number of hydrogen-bond donors (Lipinski definition) is 2. The van der Waals surface area contributed by atoms with E-state index in [1.54, 1.807) is 0 Å². The largest absolute Gasteiger partial charge is 0.357 e. The summed E-state index contributed by atoms with van der Waals surface area (Å²) in [4.78, 5) is 7.41. The quantitative estimate of drug-likeness (QED) is 0.242. The van der Waals surface area contributed by atoms with E-state index in [0.29, 0.717) is 0 Å². The maximum Gasteiger partial charge on any atom is 0.191 e. The summed E-state index contributed by atoms with van der Waals surface area (Å²) in [6.07, 6.45) is 4.86. The van der Waals surface area contributed by atoms with Crippen LogP contribution in [0.1, 0.15) is 50.9 Å². The Morgan fingerprint density at radius 3 is 2.52 bits per heavy atom. The Balaban J connectivity index is 0.00000364. The van der Waals surface area contributed by atoms with Gasteiger partial charge in [0.15, 0.2) is 5.96 Å². The van der Waals surface area contributed by atoms with Crippen LogP contribution in [0, 0.1) is 19.8 Å². The van der Waals surface area contributed by atoms with E-state index in [-0.39, 0.29) is 24.0 Å². The summed E-state index contributed by atoms with van der Waals surface area (Å²) >= 11 is 0. The van der Waals surface area contributed by atoms with Gasteiger partial charge < -0.3 is 15.5 Å². The van der Waals surface area contributed by atoms with Crippen LogP contribution < -0.4 is 10.6 Å². The number of guanidine groups is 1. The third-order valence-electron chi connectivity index (χ3n) is 5.04. The van der Waals surface area contributed by atoms with Crippen LogP contribution in [0.5, 0.6) is 0 Å². The number of nitrogens with one attached hydrogen (secondary N) is 2. The van der Waals surface area contributed by atoms with Crippen molar-refractivity contribution in [2.75, 3.05) is 39.3 Å². The van der Waals surface area contributed by atoms with Gasteiger partial charge in [-0.15, -0.1) is 24.0 Å². The Bertz CT molecular complexity index is 549. The molecular weight excluding hydrogens is 451 g/mol. The highest BCUT2D eigenvalue weighted by atomic mass is 127. The molecule has 0 spiro atoms. The molecule has 1 saturated heterocycles. The fourth-order valence-electron chi connectivity index (χ4n) is 3.61. The average molecular weight is 490 g/mol. The fourth-order valence-corrected chi connectivity index (χ4v) is 3.61. The molecule has 2 heterocycles. The van der Waals surface area contributed by atoms with Gasteiger partial charge in [-0.3, -0.25) is 9.67 Å². The molecule has 0 unspecified atom stereocenters. The SMILES string of the molecule is CCCN1CCC(CN=C(NCC)NCCCn2nc(C)cc2C)CC1.I. The van der Waals surface area contributed by atoms with Crippen molar-refractivity contribution in [1.82, 2.24) is 25.3 Å². The first-order chi connectivity index (χ1) is 12.6. The van der Waals surface area contributed by atoms with Crippen molar-refractivity contribution in [3.05, 3.63) is 17.5 Å². The minimum absolute atomic E-state index is 0. The molecule has 2 N–H and O–H groups in total. The number of aryl methyl sites for hydroxylation is 3. The second kappa shape index (κ2) is 13.4. The second-order valence-electron chi connectivity index (χ2n) is 7.44. The summed E-state index contributed by atoms with van der Waals surface area (Å²) < 4.78 is 2.09. The fraction of sp³-hybridized carbons (Fsp3) is 0.800. The van der Waals surface area contributed by atoms with Crippen molar-refractivity contribution < 1.29 is 0 Å². The molecule has 1 aromatic heterocycles. The van der Waals surface area contributed by atoms with Gasteiger partial charge in [-0.05, 0) is 78.1 Å². The van der Waals surface area contributed by atoms with Crippen LogP contribution in [0.15, 0.2) is 11.1 Å². The molecule has 0 aromatic carbocycles. The maximum atomic E-state index is 4.83. The number of piperidine rings is 1. The smallest absolute Gasteiger partial charge is 0.191 e. The molecule has 27 heavy (non-hydrogen) atoms. The number of halogens is 1. The van der Waals surface area contributed by atoms with Gasteiger partial charge in [-0.2, -0.15) is 5.10 Å². The van der Waals surface area contributed by atoms with Gasteiger partial charge in [0.2, 0.25) is 0 Å². The molecule has 6 nitrogen and oxygen atoms in total. The molecule has 7 heteroatoms. The first kappa shape index (κ1) is 24.2. The molecule has 1 aliphatic rings. The number of rotatable bonds is 9. The van der Waals surface area contributed by atoms with E-state index >= 15 is 0 Å². The molecule has 0 amide bonds. The molecule has 2 rings (SSSR count). The highest BCUT2D eigenvalue weighted by molar-refractivity contribution is 14.0. The van der Waals surface area contributed by atoms with E-state index in [1.807, 2.05) is 6.92 Å². The summed E-state index contributed by atoms with van der Waals surface area (Å²) in [6.45, 7) is 16.0. The van der Waals surface area contributed by atoms with E-state index < -0.39 is 0 Å². The normalized spacial score (nSPS) is 16.2. The summed E-state index contributed by atoms with van der Waals surface area (Å²) in [5.41, 5.74) is 2.33. The van der Waals surface area contributed by atoms with E-state index in [4.69, 9.17) is 4.99 Å². The molecule has 0 bridgehead atoms. The lowest BCUT2D eigenvalue weighted by Crippen LogP contribution is -2.39. The molecule has 156 valence electrons. The third kappa shape index (κ3) is 8.81. The molecule has 1 aliphatic heterocycles. The molecule has 1 aromatic rings. The lowest BCUT2D eigenvalue weighted by molar-refractivity contribution is 0.188. The standard InChI is InChI=1S/C20H38N6.HI/c1-5-11-25-13-8-19(9-14-25)16-23-20(21-6-2)22-10-7-12-26-18(4)15-17(3)24-26;/h15,19H,5-14,16H2,1-4H3,(H2,21,22,23);1H. The van der Waals surface area contributed by atoms with Crippen LogP contribution in [-0.2, 0) is 6.54 Å². The summed E-state index contributed by atoms with van der Waals surface area (Å²) in [7, 11) is 0. The predicted octanol–water partition coefficient (Wildman–Crippen LogP) is 3.19. The Morgan fingerprint density at radius 2 is 1.93 bits per heavy atom. The van der Waals surface area contributed by atoms with Gasteiger partial charge in [-0.1, -0.05) is 6.92 Å². The number of aromatic nitrogens is 2. The summed E-state index contributed by atoms with van der Waals surface area (Å²) in [5, 5.41) is 11.4. The molecule has 0 radical (unpaired) electrons. The Morgan fingerprint density at radius 1 is 1.19 bits per heavy atom. The van der Waals surface area contributed by atoms with Crippen LogP contribution in [0.2, 0.25) is 0 Å². The highest BCUT2D eigenvalue weighted by Gasteiger charge is 2.18. The van der Waals surface area contributed by atoms with Gasteiger partial charge in [0, 0.05) is 31.9 Å². The molecule has 0 atom stereocenters. The van der Waals surface area contributed by atoms with E-state index in [1.165, 1.54) is 44.6 Å². The van der Waals surface area contributed by atoms with Gasteiger partial charge in [0.1, 0.15) is 0 Å². The first-order valence-corrected chi connectivity index (χ1v) is 10.4. The van der Waals surface area contributed by atoms with Crippen molar-refractivity contribution in [3.8, 4) is 0 Å². The van der Waals surface area contributed by atoms with Crippen LogP contribution >= 0.6 is 24.0 Å². The van der Waals surface area contributed by atoms with E-state index in [0.717, 1.165) is 50.2 Å². The lowest BCUT2D eigenvalue weighted by Gasteiger charge is -2.31. The van der Waals surface area contributed by atoms with Gasteiger partial charge in [-0.25, -0.2) is 0 Å². The Kier molecular flexibility index (Phi) is 12.0. The second-order valence-corrected chi connectivity index (χ2v) is 7.44. The minimum atomic E-state index is 0. The van der Waals surface area contributed by atoms with Crippen LogP contribution in [0.3, 0.4) is 0 Å². The monoisotopic (exact) mass is 490 g/mol. The number of hydrogen-bond acceptors (Lipinski definition) is 3. The predicted molar refractivity (Wildman–Crippen MR) is 125 cm³/mol. The van der Waals surface area contributed by atoms with Gasteiger partial charge in [0.05, 0.1) is 5.69 Å². The van der Waals surface area contributed by atoms with Crippen LogP contribution in [-0.4, -0.2) is 59.9 Å². The van der Waals surface area contributed by atoms with E-state index in [9.17, 15) is 0 Å². The summed E-state index contributed by atoms with van der Waals surface area (Å²) in [5.74, 6) is 1.69. The van der Waals surface area contributed by atoms with Crippen molar-refractivity contribution >= 4 is 29.9 Å². The van der Waals surface area contributed by atoms with Crippen LogP contribution in [0.4, 0.5) is 0 Å². The molecule has 1 fully saturated rings. The minimum Gasteiger partial charge on any atom is -0.357 e. The first-order valence-electron chi connectivity index (χ1n) is 10.4. The number of likely N-dealkylation sites (tertiary alicyclic amines) is 1. The topological polar surface area (TPSA) is 57.5 Å². The Labute approximate surface area is 182 Å². The zero-order valence-electron chi connectivity index (χ0n) is 17.6. The maximum absolute atomic E-state index is 4.83.